The molecule has 1 saturated carbocycles. The number of ether oxygens (including phenoxy) is 1. The molecule has 2 aromatic carbocycles. The summed E-state index contributed by atoms with van der Waals surface area (Å²) in [5, 5.41) is 9.26. The van der Waals surface area contributed by atoms with Crippen molar-refractivity contribution in [2.75, 3.05) is 35.3 Å². The monoisotopic (exact) mass is 470 g/mol. The summed E-state index contributed by atoms with van der Waals surface area (Å²) in [5.41, 5.74) is 3.01. The number of urea groups is 1. The zero-order valence-corrected chi connectivity index (χ0v) is 19.2. The minimum absolute atomic E-state index is 0.0714. The van der Waals surface area contributed by atoms with Crippen molar-refractivity contribution in [2.24, 2.45) is 5.92 Å². The third-order valence-corrected chi connectivity index (χ3v) is 6.26. The van der Waals surface area contributed by atoms with Gasteiger partial charge in [0.1, 0.15) is 6.61 Å². The van der Waals surface area contributed by atoms with Crippen molar-refractivity contribution in [3.05, 3.63) is 53.1 Å². The predicted octanol–water partition coefficient (Wildman–Crippen LogP) is 3.94. The van der Waals surface area contributed by atoms with E-state index in [4.69, 9.17) is 16.3 Å². The number of nitrogens with one attached hydrogen (secondary N) is 3. The molecular formula is C24H27ClN4O4. The van der Waals surface area contributed by atoms with Gasteiger partial charge in [-0.05, 0) is 67.8 Å². The summed E-state index contributed by atoms with van der Waals surface area (Å²) in [7, 11) is 0. The van der Waals surface area contributed by atoms with Gasteiger partial charge in [0.25, 0.3) is 5.91 Å². The second-order valence-electron chi connectivity index (χ2n) is 8.34. The highest BCUT2D eigenvalue weighted by atomic mass is 35.5. The van der Waals surface area contributed by atoms with E-state index in [1.165, 1.54) is 0 Å². The highest BCUT2D eigenvalue weighted by Crippen LogP contribution is 2.29. The second-order valence-corrected chi connectivity index (χ2v) is 8.77. The first-order valence-corrected chi connectivity index (χ1v) is 11.4. The molecule has 1 aliphatic heterocycles. The second kappa shape index (κ2) is 10.2. The molecule has 1 aliphatic carbocycles. The van der Waals surface area contributed by atoms with Crippen LogP contribution >= 0.6 is 11.6 Å². The maximum absolute atomic E-state index is 13.0. The summed E-state index contributed by atoms with van der Waals surface area (Å²) in [6.45, 7) is 3.01. The van der Waals surface area contributed by atoms with E-state index >= 15 is 0 Å². The lowest BCUT2D eigenvalue weighted by atomic mass is 10.0. The summed E-state index contributed by atoms with van der Waals surface area (Å²) in [4.78, 5) is 39.2. The van der Waals surface area contributed by atoms with E-state index in [1.54, 1.807) is 35.2 Å². The van der Waals surface area contributed by atoms with E-state index in [-0.39, 0.29) is 36.4 Å². The largest absolute Gasteiger partial charge is 0.370 e. The average Bonchev–Trinajstić information content (AvgIpc) is 3.24. The Labute approximate surface area is 197 Å². The van der Waals surface area contributed by atoms with Crippen molar-refractivity contribution in [1.29, 1.82) is 0 Å². The number of carbonyl (C=O) groups is 3. The highest BCUT2D eigenvalue weighted by Gasteiger charge is 2.34. The van der Waals surface area contributed by atoms with Crippen LogP contribution in [-0.2, 0) is 14.3 Å². The molecule has 0 bridgehead atoms. The Morgan fingerprint density at radius 1 is 1.06 bits per heavy atom. The minimum Gasteiger partial charge on any atom is -0.370 e. The topological polar surface area (TPSA) is 99.8 Å². The van der Waals surface area contributed by atoms with E-state index < -0.39 is 0 Å². The molecule has 9 heteroatoms. The van der Waals surface area contributed by atoms with Crippen LogP contribution in [0.1, 0.15) is 24.8 Å². The molecule has 0 spiro atoms. The normalized spacial score (nSPS) is 20.4. The molecule has 1 heterocycles. The van der Waals surface area contributed by atoms with E-state index in [0.29, 0.717) is 36.0 Å². The van der Waals surface area contributed by atoms with Gasteiger partial charge in [-0.3, -0.25) is 9.59 Å². The van der Waals surface area contributed by atoms with Gasteiger partial charge in [-0.1, -0.05) is 18.0 Å². The number of halogens is 1. The van der Waals surface area contributed by atoms with Crippen LogP contribution in [0.4, 0.5) is 21.9 Å². The number of carbonyl (C=O) groups excluding carboxylic acids is 3. The van der Waals surface area contributed by atoms with Crippen molar-refractivity contribution in [3.63, 3.8) is 0 Å². The zero-order valence-electron chi connectivity index (χ0n) is 18.4. The van der Waals surface area contributed by atoms with Gasteiger partial charge in [-0.25, -0.2) is 4.79 Å². The van der Waals surface area contributed by atoms with E-state index in [2.05, 4.69) is 16.0 Å². The van der Waals surface area contributed by atoms with Crippen LogP contribution in [0, 0.1) is 12.8 Å². The maximum Gasteiger partial charge on any atom is 0.319 e. The van der Waals surface area contributed by atoms with E-state index in [9.17, 15) is 14.4 Å². The molecule has 2 atom stereocenters. The van der Waals surface area contributed by atoms with Gasteiger partial charge in [0.2, 0.25) is 5.91 Å². The van der Waals surface area contributed by atoms with Crippen molar-refractivity contribution in [1.82, 2.24) is 5.32 Å². The first kappa shape index (κ1) is 23.1. The summed E-state index contributed by atoms with van der Waals surface area (Å²) >= 11 is 5.88. The molecule has 8 nitrogen and oxygen atoms in total. The Bertz CT molecular complexity index is 1040. The summed E-state index contributed by atoms with van der Waals surface area (Å²) in [6.07, 6.45) is 2.31. The third-order valence-electron chi connectivity index (χ3n) is 6.01. The van der Waals surface area contributed by atoms with Crippen LogP contribution in [0.5, 0.6) is 0 Å². The molecule has 2 unspecified atom stereocenters. The summed E-state index contributed by atoms with van der Waals surface area (Å²) in [6, 6.07) is 11.7. The number of nitrogens with zero attached hydrogens (tertiary/aromatic N) is 1. The number of morpholine rings is 1. The fraction of sp³-hybridized carbons (Fsp3) is 0.375. The molecule has 3 N–H and O–H groups in total. The Hall–Kier alpha value is -3.10. The molecule has 0 radical (unpaired) electrons. The fourth-order valence-electron chi connectivity index (χ4n) is 4.36. The van der Waals surface area contributed by atoms with Crippen LogP contribution < -0.4 is 20.9 Å². The minimum atomic E-state index is -0.350. The zero-order chi connectivity index (χ0) is 23.4. The van der Waals surface area contributed by atoms with Crippen LogP contribution in [0.25, 0.3) is 0 Å². The van der Waals surface area contributed by atoms with Gasteiger partial charge in [0.15, 0.2) is 0 Å². The lowest BCUT2D eigenvalue weighted by Crippen LogP contribution is -2.43. The molecule has 4 amide bonds. The Balaban J connectivity index is 1.36. The number of benzene rings is 2. The molecule has 2 aromatic rings. The molecule has 2 aliphatic rings. The Morgan fingerprint density at radius 2 is 1.82 bits per heavy atom. The lowest BCUT2D eigenvalue weighted by Gasteiger charge is -2.28. The van der Waals surface area contributed by atoms with Gasteiger partial charge in [-0.15, -0.1) is 0 Å². The van der Waals surface area contributed by atoms with Crippen LogP contribution in [0.3, 0.4) is 0 Å². The molecule has 174 valence electrons. The van der Waals surface area contributed by atoms with E-state index in [1.807, 2.05) is 19.1 Å². The van der Waals surface area contributed by atoms with Crippen LogP contribution in [0.2, 0.25) is 5.02 Å². The maximum atomic E-state index is 13.0. The molecule has 2 fully saturated rings. The molecule has 1 saturated heterocycles. The van der Waals surface area contributed by atoms with Gasteiger partial charge in [0.05, 0.1) is 12.5 Å². The van der Waals surface area contributed by atoms with Crippen LogP contribution in [-0.4, -0.2) is 43.6 Å². The third kappa shape index (κ3) is 5.64. The van der Waals surface area contributed by atoms with Crippen molar-refractivity contribution in [2.45, 2.75) is 32.2 Å². The Morgan fingerprint density at radius 3 is 2.55 bits per heavy atom. The van der Waals surface area contributed by atoms with Crippen LogP contribution in [0.15, 0.2) is 42.5 Å². The average molecular weight is 471 g/mol. The van der Waals surface area contributed by atoms with Crippen molar-refractivity contribution >= 4 is 46.5 Å². The van der Waals surface area contributed by atoms with Gasteiger partial charge >= 0.3 is 6.03 Å². The number of anilines is 3. The highest BCUT2D eigenvalue weighted by molar-refractivity contribution is 6.30. The number of aryl methyl sites for hydroxylation is 1. The standard InChI is InChI=1S/C24H27ClN4O4/c1-15-13-18(9-10-21(15)29-11-12-33-14-22(29)30)26-23(31)19-3-2-4-20(19)28-24(32)27-17-7-5-16(25)6-8-17/h5-10,13,19-20H,2-4,11-12,14H2,1H3,(H,26,31)(H2,27,28,32). The molecular weight excluding hydrogens is 444 g/mol. The fourth-order valence-corrected chi connectivity index (χ4v) is 4.49. The molecule has 0 aromatic heterocycles. The number of rotatable bonds is 5. The predicted molar refractivity (Wildman–Crippen MR) is 128 cm³/mol. The first-order chi connectivity index (χ1) is 15.9. The smallest absolute Gasteiger partial charge is 0.319 e. The summed E-state index contributed by atoms with van der Waals surface area (Å²) < 4.78 is 5.19. The van der Waals surface area contributed by atoms with Gasteiger partial charge in [-0.2, -0.15) is 0 Å². The molecule has 4 rings (SSSR count). The van der Waals surface area contributed by atoms with E-state index in [0.717, 1.165) is 24.1 Å². The number of hydrogen-bond acceptors (Lipinski definition) is 4. The summed E-state index contributed by atoms with van der Waals surface area (Å²) in [5.74, 6) is -0.515. The quantitative estimate of drug-likeness (QED) is 0.616. The lowest BCUT2D eigenvalue weighted by molar-refractivity contribution is -0.125. The number of amides is 4. The SMILES string of the molecule is Cc1cc(NC(=O)C2CCCC2NC(=O)Nc2ccc(Cl)cc2)ccc1N1CCOCC1=O. The first-order valence-electron chi connectivity index (χ1n) is 11.0. The van der Waals surface area contributed by atoms with Gasteiger partial charge in [0, 0.05) is 34.7 Å². The van der Waals surface area contributed by atoms with Crippen molar-refractivity contribution < 1.29 is 19.1 Å². The van der Waals surface area contributed by atoms with Gasteiger partial charge < -0.3 is 25.6 Å². The van der Waals surface area contributed by atoms with Crippen molar-refractivity contribution in [3.8, 4) is 0 Å². The molecule has 33 heavy (non-hydrogen) atoms. The Kier molecular flexibility index (Phi) is 7.15. The number of hydrogen-bond donors (Lipinski definition) is 3.